The SMILES string of the molecule is CCN(CCN(C)C(OC)C(=O)OC)c1ccccc1. The molecule has 0 saturated carbocycles. The fourth-order valence-electron chi connectivity index (χ4n) is 2.06. The number of para-hydroxylation sites is 1. The number of benzene rings is 1. The maximum absolute atomic E-state index is 11.6. The van der Waals surface area contributed by atoms with Gasteiger partial charge in [-0.2, -0.15) is 0 Å². The van der Waals surface area contributed by atoms with Gasteiger partial charge in [-0.25, -0.2) is 4.79 Å². The van der Waals surface area contributed by atoms with E-state index in [0.29, 0.717) is 6.54 Å². The van der Waals surface area contributed by atoms with Crippen LogP contribution in [0.4, 0.5) is 5.69 Å². The molecule has 0 N–H and O–H groups in total. The number of rotatable bonds is 8. The summed E-state index contributed by atoms with van der Waals surface area (Å²) < 4.78 is 9.89. The van der Waals surface area contributed by atoms with E-state index < -0.39 is 6.23 Å². The topological polar surface area (TPSA) is 42.0 Å². The van der Waals surface area contributed by atoms with Gasteiger partial charge >= 0.3 is 5.97 Å². The van der Waals surface area contributed by atoms with Crippen molar-refractivity contribution in [3.8, 4) is 0 Å². The van der Waals surface area contributed by atoms with Gasteiger partial charge in [0, 0.05) is 32.4 Å². The van der Waals surface area contributed by atoms with Crippen LogP contribution in [-0.4, -0.2) is 58.0 Å². The van der Waals surface area contributed by atoms with Crippen LogP contribution in [0.15, 0.2) is 30.3 Å². The average Bonchev–Trinajstić information content (AvgIpc) is 2.49. The van der Waals surface area contributed by atoms with Crippen LogP contribution in [0.2, 0.25) is 0 Å². The zero-order valence-electron chi connectivity index (χ0n) is 12.7. The first-order valence-corrected chi connectivity index (χ1v) is 6.74. The highest BCUT2D eigenvalue weighted by atomic mass is 16.6. The summed E-state index contributed by atoms with van der Waals surface area (Å²) in [7, 11) is 4.72. The molecule has 0 bridgehead atoms. The molecule has 0 amide bonds. The Labute approximate surface area is 121 Å². The molecule has 1 aromatic carbocycles. The first-order chi connectivity index (χ1) is 9.63. The molecule has 0 aliphatic heterocycles. The van der Waals surface area contributed by atoms with Gasteiger partial charge in [-0.3, -0.25) is 4.90 Å². The minimum Gasteiger partial charge on any atom is -0.466 e. The highest BCUT2D eigenvalue weighted by molar-refractivity contribution is 5.74. The lowest BCUT2D eigenvalue weighted by atomic mass is 10.3. The summed E-state index contributed by atoms with van der Waals surface area (Å²) in [5.41, 5.74) is 1.18. The molecule has 1 aromatic rings. The predicted molar refractivity (Wildman–Crippen MR) is 79.8 cm³/mol. The van der Waals surface area contributed by atoms with Crippen LogP contribution in [0.3, 0.4) is 0 Å². The molecule has 20 heavy (non-hydrogen) atoms. The highest BCUT2D eigenvalue weighted by Crippen LogP contribution is 2.12. The Morgan fingerprint density at radius 2 is 1.85 bits per heavy atom. The Balaban J connectivity index is 2.58. The molecule has 1 atom stereocenters. The van der Waals surface area contributed by atoms with Crippen LogP contribution in [0, 0.1) is 0 Å². The lowest BCUT2D eigenvalue weighted by Crippen LogP contribution is -2.44. The molecule has 0 aliphatic rings. The number of methoxy groups -OCH3 is 2. The minimum atomic E-state index is -0.658. The van der Waals surface area contributed by atoms with Gasteiger partial charge in [0.25, 0.3) is 0 Å². The number of esters is 1. The monoisotopic (exact) mass is 280 g/mol. The quantitative estimate of drug-likeness (QED) is 0.534. The van der Waals surface area contributed by atoms with Gasteiger partial charge in [0.1, 0.15) is 0 Å². The number of hydrogen-bond donors (Lipinski definition) is 0. The predicted octanol–water partition coefficient (Wildman–Crippen LogP) is 1.59. The van der Waals surface area contributed by atoms with Crippen LogP contribution >= 0.6 is 0 Å². The Morgan fingerprint density at radius 1 is 1.20 bits per heavy atom. The molecule has 0 saturated heterocycles. The van der Waals surface area contributed by atoms with E-state index in [1.807, 2.05) is 30.1 Å². The number of ether oxygens (including phenoxy) is 2. The average molecular weight is 280 g/mol. The summed E-state index contributed by atoms with van der Waals surface area (Å²) in [5, 5.41) is 0. The van der Waals surface area contributed by atoms with Crippen molar-refractivity contribution in [2.24, 2.45) is 0 Å². The first kappa shape index (κ1) is 16.5. The summed E-state index contributed by atoms with van der Waals surface area (Å²) in [4.78, 5) is 15.7. The molecule has 0 aromatic heterocycles. The molecule has 5 nitrogen and oxygen atoms in total. The number of likely N-dealkylation sites (N-methyl/N-ethyl adjacent to an activating group) is 2. The van der Waals surface area contributed by atoms with Crippen molar-refractivity contribution in [1.82, 2.24) is 4.90 Å². The van der Waals surface area contributed by atoms with Gasteiger partial charge in [0.15, 0.2) is 0 Å². The largest absolute Gasteiger partial charge is 0.466 e. The number of nitrogens with zero attached hydrogens (tertiary/aromatic N) is 2. The second-order valence-corrected chi connectivity index (χ2v) is 4.51. The van der Waals surface area contributed by atoms with Gasteiger partial charge in [0.05, 0.1) is 7.11 Å². The Kier molecular flexibility index (Phi) is 7.04. The van der Waals surface area contributed by atoms with Crippen molar-refractivity contribution >= 4 is 11.7 Å². The fourth-order valence-corrected chi connectivity index (χ4v) is 2.06. The number of carbonyl (C=O) groups is 1. The van der Waals surface area contributed by atoms with E-state index in [4.69, 9.17) is 9.47 Å². The van der Waals surface area contributed by atoms with E-state index >= 15 is 0 Å². The summed E-state index contributed by atoms with van der Waals surface area (Å²) in [6, 6.07) is 10.2. The van der Waals surface area contributed by atoms with Crippen molar-refractivity contribution in [3.63, 3.8) is 0 Å². The lowest BCUT2D eigenvalue weighted by Gasteiger charge is -2.29. The Hall–Kier alpha value is -1.59. The summed E-state index contributed by atoms with van der Waals surface area (Å²) >= 11 is 0. The van der Waals surface area contributed by atoms with Crippen molar-refractivity contribution in [2.45, 2.75) is 13.2 Å². The van der Waals surface area contributed by atoms with E-state index in [-0.39, 0.29) is 5.97 Å². The van der Waals surface area contributed by atoms with Gasteiger partial charge in [0.2, 0.25) is 6.23 Å². The van der Waals surface area contributed by atoms with E-state index in [1.165, 1.54) is 19.9 Å². The van der Waals surface area contributed by atoms with Crippen LogP contribution in [-0.2, 0) is 14.3 Å². The van der Waals surface area contributed by atoms with Crippen molar-refractivity contribution in [1.29, 1.82) is 0 Å². The molecule has 5 heteroatoms. The normalized spacial score (nSPS) is 12.2. The van der Waals surface area contributed by atoms with Crippen molar-refractivity contribution in [3.05, 3.63) is 30.3 Å². The lowest BCUT2D eigenvalue weighted by molar-refractivity contribution is -0.163. The van der Waals surface area contributed by atoms with E-state index in [0.717, 1.165) is 13.1 Å². The van der Waals surface area contributed by atoms with Crippen molar-refractivity contribution < 1.29 is 14.3 Å². The molecular weight excluding hydrogens is 256 g/mol. The third kappa shape index (κ3) is 4.51. The molecule has 0 spiro atoms. The van der Waals surface area contributed by atoms with Crippen LogP contribution < -0.4 is 4.90 Å². The molecular formula is C15H24N2O3. The highest BCUT2D eigenvalue weighted by Gasteiger charge is 2.23. The molecule has 0 fully saturated rings. The maximum atomic E-state index is 11.6. The van der Waals surface area contributed by atoms with Gasteiger partial charge in [-0.15, -0.1) is 0 Å². The third-order valence-electron chi connectivity index (χ3n) is 3.25. The van der Waals surface area contributed by atoms with Crippen LogP contribution in [0.1, 0.15) is 6.92 Å². The van der Waals surface area contributed by atoms with Crippen molar-refractivity contribution in [2.75, 3.05) is 45.8 Å². The number of carbonyl (C=O) groups excluding carboxylic acids is 1. The zero-order valence-corrected chi connectivity index (χ0v) is 12.7. The maximum Gasteiger partial charge on any atom is 0.350 e. The molecule has 0 radical (unpaired) electrons. The van der Waals surface area contributed by atoms with Crippen LogP contribution in [0.25, 0.3) is 0 Å². The van der Waals surface area contributed by atoms with Crippen LogP contribution in [0.5, 0.6) is 0 Å². The first-order valence-electron chi connectivity index (χ1n) is 6.74. The second-order valence-electron chi connectivity index (χ2n) is 4.51. The fraction of sp³-hybridized carbons (Fsp3) is 0.533. The third-order valence-corrected chi connectivity index (χ3v) is 3.25. The summed E-state index contributed by atoms with van der Waals surface area (Å²) in [6.07, 6.45) is -0.658. The smallest absolute Gasteiger partial charge is 0.350 e. The molecule has 0 heterocycles. The second kappa shape index (κ2) is 8.55. The number of hydrogen-bond acceptors (Lipinski definition) is 5. The van der Waals surface area contributed by atoms with Gasteiger partial charge in [-0.05, 0) is 26.1 Å². The molecule has 1 unspecified atom stereocenters. The Morgan fingerprint density at radius 3 is 2.35 bits per heavy atom. The molecule has 112 valence electrons. The van der Waals surface area contributed by atoms with E-state index in [9.17, 15) is 4.79 Å². The zero-order chi connectivity index (χ0) is 15.0. The summed E-state index contributed by atoms with van der Waals surface area (Å²) in [5.74, 6) is -0.377. The standard InChI is InChI=1S/C15H24N2O3/c1-5-17(13-9-7-6-8-10-13)12-11-16(2)14(19-3)15(18)20-4/h6-10,14H,5,11-12H2,1-4H3. The van der Waals surface area contributed by atoms with E-state index in [1.54, 1.807) is 0 Å². The Bertz CT molecular complexity index is 397. The van der Waals surface area contributed by atoms with Gasteiger partial charge < -0.3 is 14.4 Å². The van der Waals surface area contributed by atoms with E-state index in [2.05, 4.69) is 24.0 Å². The number of anilines is 1. The minimum absolute atomic E-state index is 0.377. The summed E-state index contributed by atoms with van der Waals surface area (Å²) in [6.45, 7) is 4.54. The molecule has 0 aliphatic carbocycles. The van der Waals surface area contributed by atoms with Gasteiger partial charge in [-0.1, -0.05) is 18.2 Å². The molecule has 1 rings (SSSR count).